The summed E-state index contributed by atoms with van der Waals surface area (Å²) in [6, 6.07) is 0. The van der Waals surface area contributed by atoms with E-state index in [9.17, 15) is 14.0 Å². The van der Waals surface area contributed by atoms with Crippen LogP contribution in [0.15, 0.2) is 0 Å². The van der Waals surface area contributed by atoms with Crippen LogP contribution in [0, 0.1) is 40.4 Å². The van der Waals surface area contributed by atoms with Crippen molar-refractivity contribution in [3.05, 3.63) is 0 Å². The SMILES string of the molecule is C[C@H]1CCC2C3C(=O)C[C@@H]4CC(=O)[C@H](F)C[C@]4(C)C3CC[C@@]21C. The second kappa shape index (κ2) is 4.89. The van der Waals surface area contributed by atoms with Crippen LogP contribution in [-0.4, -0.2) is 17.7 Å². The molecule has 23 heavy (non-hydrogen) atoms. The Morgan fingerprint density at radius 3 is 2.35 bits per heavy atom. The summed E-state index contributed by atoms with van der Waals surface area (Å²) in [7, 11) is 0. The van der Waals surface area contributed by atoms with Gasteiger partial charge in [-0.3, -0.25) is 9.59 Å². The maximum atomic E-state index is 14.2. The van der Waals surface area contributed by atoms with Crippen LogP contribution in [0.4, 0.5) is 4.39 Å². The molecule has 4 fully saturated rings. The topological polar surface area (TPSA) is 34.1 Å². The smallest absolute Gasteiger partial charge is 0.167 e. The summed E-state index contributed by atoms with van der Waals surface area (Å²) in [5, 5.41) is 0. The number of alkyl halides is 1. The minimum Gasteiger partial charge on any atom is -0.299 e. The quantitative estimate of drug-likeness (QED) is 0.664. The highest BCUT2D eigenvalue weighted by atomic mass is 19.1. The maximum absolute atomic E-state index is 14.2. The summed E-state index contributed by atoms with van der Waals surface area (Å²) < 4.78 is 14.2. The van der Waals surface area contributed by atoms with Crippen molar-refractivity contribution in [1.29, 1.82) is 0 Å². The Kier molecular flexibility index (Phi) is 3.36. The van der Waals surface area contributed by atoms with Gasteiger partial charge in [-0.05, 0) is 66.6 Å². The number of Topliss-reactive ketones (excluding diaryl/α,β-unsaturated/α-hetero) is 2. The molecular weight excluding hydrogens is 291 g/mol. The van der Waals surface area contributed by atoms with Gasteiger partial charge >= 0.3 is 0 Å². The van der Waals surface area contributed by atoms with E-state index in [1.165, 1.54) is 12.8 Å². The van der Waals surface area contributed by atoms with Crippen LogP contribution in [0.25, 0.3) is 0 Å². The molecule has 4 rings (SSSR count). The number of carbonyl (C=O) groups is 2. The number of rotatable bonds is 0. The molecule has 4 aliphatic rings. The van der Waals surface area contributed by atoms with Crippen molar-refractivity contribution >= 4 is 11.6 Å². The van der Waals surface area contributed by atoms with Crippen molar-refractivity contribution in [1.82, 2.24) is 0 Å². The molecule has 8 atom stereocenters. The molecule has 3 unspecified atom stereocenters. The number of hydrogen-bond donors (Lipinski definition) is 0. The fourth-order valence-corrected chi connectivity index (χ4v) is 7.00. The lowest BCUT2D eigenvalue weighted by Gasteiger charge is -2.59. The molecule has 0 saturated heterocycles. The minimum atomic E-state index is -1.30. The van der Waals surface area contributed by atoms with Crippen LogP contribution in [0.5, 0.6) is 0 Å². The predicted molar refractivity (Wildman–Crippen MR) is 86.6 cm³/mol. The van der Waals surface area contributed by atoms with Crippen LogP contribution in [0.2, 0.25) is 0 Å². The molecule has 0 N–H and O–H groups in total. The lowest BCUT2D eigenvalue weighted by atomic mass is 9.44. The molecule has 0 amide bonds. The van der Waals surface area contributed by atoms with Gasteiger partial charge in [-0.2, -0.15) is 0 Å². The van der Waals surface area contributed by atoms with Gasteiger partial charge in [-0.1, -0.05) is 20.8 Å². The Bertz CT molecular complexity index is 558. The van der Waals surface area contributed by atoms with Crippen molar-refractivity contribution in [2.45, 2.75) is 71.9 Å². The molecule has 128 valence electrons. The Hall–Kier alpha value is -0.730. The first kappa shape index (κ1) is 15.8. The maximum Gasteiger partial charge on any atom is 0.167 e. The van der Waals surface area contributed by atoms with Gasteiger partial charge < -0.3 is 0 Å². The van der Waals surface area contributed by atoms with Crippen LogP contribution in [0.3, 0.4) is 0 Å². The molecule has 0 heterocycles. The zero-order valence-corrected chi connectivity index (χ0v) is 14.6. The highest BCUT2D eigenvalue weighted by Crippen LogP contribution is 2.66. The Morgan fingerprint density at radius 1 is 0.957 bits per heavy atom. The van der Waals surface area contributed by atoms with E-state index in [2.05, 4.69) is 20.8 Å². The number of halogens is 1. The van der Waals surface area contributed by atoms with E-state index in [1.807, 2.05) is 0 Å². The summed E-state index contributed by atoms with van der Waals surface area (Å²) in [5.41, 5.74) is 0.138. The number of fused-ring (bicyclic) bond motifs is 5. The third-order valence-corrected chi connectivity index (χ3v) is 8.76. The van der Waals surface area contributed by atoms with E-state index in [1.54, 1.807) is 0 Å². The lowest BCUT2D eigenvalue weighted by molar-refractivity contribution is -0.162. The molecule has 3 heteroatoms. The van der Waals surface area contributed by atoms with Crippen molar-refractivity contribution in [3.8, 4) is 0 Å². The summed E-state index contributed by atoms with van der Waals surface area (Å²) in [5.74, 6) is 1.79. The van der Waals surface area contributed by atoms with Crippen molar-refractivity contribution in [2.24, 2.45) is 40.4 Å². The van der Waals surface area contributed by atoms with Gasteiger partial charge in [0.25, 0.3) is 0 Å². The van der Waals surface area contributed by atoms with Crippen LogP contribution in [-0.2, 0) is 9.59 Å². The third-order valence-electron chi connectivity index (χ3n) is 8.76. The second-order valence-electron chi connectivity index (χ2n) is 9.48. The van der Waals surface area contributed by atoms with Crippen LogP contribution >= 0.6 is 0 Å². The molecule has 0 spiro atoms. The molecule has 0 aliphatic heterocycles. The fraction of sp³-hybridized carbons (Fsp3) is 0.900. The largest absolute Gasteiger partial charge is 0.299 e. The van der Waals surface area contributed by atoms with Crippen molar-refractivity contribution in [3.63, 3.8) is 0 Å². The normalized spacial score (nSPS) is 56.0. The van der Waals surface area contributed by atoms with Gasteiger partial charge in [0.2, 0.25) is 0 Å². The molecule has 2 nitrogen and oxygen atoms in total. The van der Waals surface area contributed by atoms with E-state index in [0.29, 0.717) is 41.8 Å². The molecule has 0 radical (unpaired) electrons. The third kappa shape index (κ3) is 1.97. The molecule has 0 bridgehead atoms. The average molecular weight is 320 g/mol. The summed E-state index contributed by atoms with van der Waals surface area (Å²) in [6.07, 6.45) is 4.43. The summed E-state index contributed by atoms with van der Waals surface area (Å²) in [4.78, 5) is 24.8. The fourth-order valence-electron chi connectivity index (χ4n) is 7.00. The van der Waals surface area contributed by atoms with Gasteiger partial charge in [0.15, 0.2) is 12.0 Å². The standard InChI is InChI=1S/C20H29FO2/c1-11-4-5-13-18-14(6-7-19(11,13)2)20(3)10-15(21)16(22)8-12(20)9-17(18)23/h11-15,18H,4-10H2,1-3H3/t11-,12-,13?,14?,15+,18?,19+,20-/m0/s1. The van der Waals surface area contributed by atoms with Gasteiger partial charge in [0, 0.05) is 18.8 Å². The van der Waals surface area contributed by atoms with E-state index >= 15 is 0 Å². The first-order valence-corrected chi connectivity index (χ1v) is 9.47. The second-order valence-corrected chi connectivity index (χ2v) is 9.48. The van der Waals surface area contributed by atoms with E-state index in [4.69, 9.17) is 0 Å². The van der Waals surface area contributed by atoms with Crippen LogP contribution < -0.4 is 0 Å². The highest BCUT2D eigenvalue weighted by molar-refractivity contribution is 5.88. The minimum absolute atomic E-state index is 0.0823. The molecule has 4 saturated carbocycles. The van der Waals surface area contributed by atoms with Gasteiger partial charge in [-0.15, -0.1) is 0 Å². The van der Waals surface area contributed by atoms with Crippen molar-refractivity contribution in [2.75, 3.05) is 0 Å². The Labute approximate surface area is 138 Å². The zero-order chi connectivity index (χ0) is 16.6. The Morgan fingerprint density at radius 2 is 1.61 bits per heavy atom. The Balaban J connectivity index is 1.71. The number of ketones is 2. The molecule has 0 aromatic carbocycles. The van der Waals surface area contributed by atoms with Crippen molar-refractivity contribution < 1.29 is 14.0 Å². The molecule has 4 aliphatic carbocycles. The zero-order valence-electron chi connectivity index (χ0n) is 14.6. The average Bonchev–Trinajstić information content (AvgIpc) is 2.78. The van der Waals surface area contributed by atoms with Gasteiger partial charge in [0.05, 0.1) is 0 Å². The lowest BCUT2D eigenvalue weighted by Crippen LogP contribution is -2.58. The van der Waals surface area contributed by atoms with E-state index in [0.717, 1.165) is 12.8 Å². The summed E-state index contributed by atoms with van der Waals surface area (Å²) in [6.45, 7) is 6.91. The number of carbonyl (C=O) groups excluding carboxylic acids is 2. The highest BCUT2D eigenvalue weighted by Gasteiger charge is 2.63. The van der Waals surface area contributed by atoms with Crippen LogP contribution in [0.1, 0.15) is 65.7 Å². The first-order chi connectivity index (χ1) is 10.8. The van der Waals surface area contributed by atoms with Gasteiger partial charge in [-0.25, -0.2) is 4.39 Å². The predicted octanol–water partition coefficient (Wildman–Crippen LogP) is 4.36. The molecule has 0 aromatic rings. The molecule has 0 aromatic heterocycles. The van der Waals surface area contributed by atoms with E-state index < -0.39 is 6.17 Å². The molecular formula is C20H29FO2. The number of hydrogen-bond acceptors (Lipinski definition) is 2. The summed E-state index contributed by atoms with van der Waals surface area (Å²) >= 11 is 0. The van der Waals surface area contributed by atoms with Gasteiger partial charge in [0.1, 0.15) is 5.78 Å². The first-order valence-electron chi connectivity index (χ1n) is 9.47. The van der Waals surface area contributed by atoms with E-state index in [-0.39, 0.29) is 29.5 Å². The monoisotopic (exact) mass is 320 g/mol.